The molecule has 0 aliphatic heterocycles. The lowest BCUT2D eigenvalue weighted by atomic mass is 10.1. The van der Waals surface area contributed by atoms with Gasteiger partial charge >= 0.3 is 0 Å². The van der Waals surface area contributed by atoms with E-state index in [1.54, 1.807) is 6.20 Å². The molecule has 0 aliphatic carbocycles. The average molecular weight is 318 g/mol. The second-order valence-electron chi connectivity index (χ2n) is 5.76. The van der Waals surface area contributed by atoms with E-state index in [4.69, 9.17) is 0 Å². The molecule has 3 aromatic rings. The summed E-state index contributed by atoms with van der Waals surface area (Å²) in [5, 5.41) is 0. The Morgan fingerprint density at radius 3 is 2.25 bits per heavy atom. The van der Waals surface area contributed by atoms with E-state index in [-0.39, 0.29) is 0 Å². The van der Waals surface area contributed by atoms with Crippen LogP contribution < -0.4 is 9.13 Å². The predicted molar refractivity (Wildman–Crippen MR) is 94.6 cm³/mol. The zero-order valence-corrected chi connectivity index (χ0v) is 14.1. The number of rotatable bonds is 5. The van der Waals surface area contributed by atoms with Crippen molar-refractivity contribution in [3.8, 4) is 11.1 Å². The van der Waals surface area contributed by atoms with Crippen LogP contribution in [0.1, 0.15) is 12.6 Å². The van der Waals surface area contributed by atoms with E-state index in [9.17, 15) is 0 Å². The first kappa shape index (κ1) is 16.0. The number of aryl methyl sites for hydroxylation is 1. The van der Waals surface area contributed by atoms with Crippen LogP contribution in [0.15, 0.2) is 78.4 Å². The number of nitrogens with zero attached hydrogens (tertiary/aromatic N) is 4. The molecular weight excluding hydrogens is 296 g/mol. The second-order valence-corrected chi connectivity index (χ2v) is 5.76. The van der Waals surface area contributed by atoms with Crippen LogP contribution in [-0.4, -0.2) is 17.2 Å². The van der Waals surface area contributed by atoms with E-state index in [1.807, 2.05) is 36.7 Å². The summed E-state index contributed by atoms with van der Waals surface area (Å²) in [5.74, 6) is 0. The van der Waals surface area contributed by atoms with Crippen molar-refractivity contribution in [2.75, 3.05) is 6.54 Å². The Kier molecular flexibility index (Phi) is 5.06. The first-order valence-electron chi connectivity index (χ1n) is 8.09. The molecule has 0 aromatic carbocycles. The zero-order chi connectivity index (χ0) is 16.8. The number of aliphatic imine (C=N–C) groups is 1. The highest BCUT2D eigenvalue weighted by molar-refractivity contribution is 5.96. The van der Waals surface area contributed by atoms with Crippen molar-refractivity contribution >= 4 is 5.71 Å². The Hall–Kier alpha value is -2.88. The summed E-state index contributed by atoms with van der Waals surface area (Å²) in [6.07, 6.45) is 10.1. The van der Waals surface area contributed by atoms with Crippen molar-refractivity contribution in [3.05, 3.63) is 79.1 Å². The van der Waals surface area contributed by atoms with Gasteiger partial charge in [0.2, 0.25) is 0 Å². The molecule has 0 radical (unpaired) electrons. The third-order valence-electron chi connectivity index (χ3n) is 3.95. The molecule has 4 nitrogen and oxygen atoms in total. The monoisotopic (exact) mass is 318 g/mol. The van der Waals surface area contributed by atoms with E-state index in [0.29, 0.717) is 0 Å². The highest BCUT2D eigenvalue weighted by atomic mass is 15.0. The Bertz CT molecular complexity index is 807. The maximum absolute atomic E-state index is 4.61. The van der Waals surface area contributed by atoms with Crippen molar-refractivity contribution in [1.82, 2.24) is 4.98 Å². The molecule has 24 heavy (non-hydrogen) atoms. The van der Waals surface area contributed by atoms with Crippen molar-refractivity contribution in [1.29, 1.82) is 0 Å². The Morgan fingerprint density at radius 2 is 1.62 bits per heavy atom. The number of hydrogen-bond donors (Lipinski definition) is 0. The lowest BCUT2D eigenvalue weighted by Gasteiger charge is -2.01. The van der Waals surface area contributed by atoms with Crippen LogP contribution in [-0.2, 0) is 13.6 Å². The van der Waals surface area contributed by atoms with Gasteiger partial charge < -0.3 is 0 Å². The average Bonchev–Trinajstić information content (AvgIpc) is 2.64. The minimum absolute atomic E-state index is 0.744. The van der Waals surface area contributed by atoms with Crippen LogP contribution in [0.4, 0.5) is 0 Å². The maximum Gasteiger partial charge on any atom is 0.169 e. The third-order valence-corrected chi connectivity index (χ3v) is 3.95. The summed E-state index contributed by atoms with van der Waals surface area (Å²) in [6, 6.07) is 14.4. The highest BCUT2D eigenvalue weighted by Gasteiger charge is 2.04. The highest BCUT2D eigenvalue weighted by Crippen LogP contribution is 2.15. The summed E-state index contributed by atoms with van der Waals surface area (Å²) in [7, 11) is 2.02. The molecule has 0 unspecified atom stereocenters. The van der Waals surface area contributed by atoms with Crippen LogP contribution in [0.2, 0.25) is 0 Å². The molecule has 0 bridgehead atoms. The molecule has 3 rings (SSSR count). The maximum atomic E-state index is 4.61. The van der Waals surface area contributed by atoms with Crippen molar-refractivity contribution in [3.63, 3.8) is 0 Å². The molecule has 3 aromatic heterocycles. The number of pyridine rings is 3. The molecule has 0 aliphatic rings. The van der Waals surface area contributed by atoms with E-state index < -0.39 is 0 Å². The Labute approximate surface area is 142 Å². The molecule has 0 atom stereocenters. The predicted octanol–water partition coefficient (Wildman–Crippen LogP) is 2.37. The summed E-state index contributed by atoms with van der Waals surface area (Å²) < 4.78 is 4.19. The lowest BCUT2D eigenvalue weighted by molar-refractivity contribution is -0.694. The van der Waals surface area contributed by atoms with Gasteiger partial charge in [0.25, 0.3) is 0 Å². The van der Waals surface area contributed by atoms with Crippen molar-refractivity contribution in [2.24, 2.45) is 12.0 Å². The van der Waals surface area contributed by atoms with Gasteiger partial charge in [-0.3, -0.25) is 9.98 Å². The van der Waals surface area contributed by atoms with Gasteiger partial charge in [-0.2, -0.15) is 0 Å². The molecule has 120 valence electrons. The first-order valence-corrected chi connectivity index (χ1v) is 8.09. The number of hydrogen-bond acceptors (Lipinski definition) is 2. The van der Waals surface area contributed by atoms with Gasteiger partial charge in [-0.1, -0.05) is 6.07 Å². The van der Waals surface area contributed by atoms with Crippen LogP contribution in [0, 0.1) is 0 Å². The zero-order valence-electron chi connectivity index (χ0n) is 14.1. The van der Waals surface area contributed by atoms with E-state index >= 15 is 0 Å². The SMILES string of the molecule is CC(=NCC[n+]1ccc(-c2cc[n+](C)cc2)cc1)c1ccccn1. The Balaban J connectivity index is 1.61. The standard InChI is InChI=1S/C20H22N4/c1-17(20-5-3-4-10-22-20)21-11-16-24-14-8-19(9-15-24)18-6-12-23(2)13-7-18/h3-10,12-15H,11,16H2,1-2H3/q+2. The molecule has 4 heteroatoms. The summed E-state index contributed by atoms with van der Waals surface area (Å²) in [5.41, 5.74) is 4.37. The third kappa shape index (κ3) is 4.10. The topological polar surface area (TPSA) is 33.0 Å². The lowest BCUT2D eigenvalue weighted by Crippen LogP contribution is -2.34. The minimum Gasteiger partial charge on any atom is -0.281 e. The van der Waals surface area contributed by atoms with Gasteiger partial charge in [-0.15, -0.1) is 0 Å². The molecule has 3 heterocycles. The van der Waals surface area contributed by atoms with Crippen LogP contribution in [0.25, 0.3) is 11.1 Å². The van der Waals surface area contributed by atoms with Crippen molar-refractivity contribution in [2.45, 2.75) is 13.5 Å². The second kappa shape index (κ2) is 7.59. The van der Waals surface area contributed by atoms with Gasteiger partial charge in [0, 0.05) is 30.5 Å². The van der Waals surface area contributed by atoms with Crippen LogP contribution >= 0.6 is 0 Å². The van der Waals surface area contributed by atoms with Crippen LogP contribution in [0.3, 0.4) is 0 Å². The van der Waals surface area contributed by atoms with E-state index in [1.165, 1.54) is 11.1 Å². The molecule has 0 fully saturated rings. The first-order chi connectivity index (χ1) is 11.7. The molecule has 0 saturated carbocycles. The fraction of sp³-hybridized carbons (Fsp3) is 0.200. The summed E-state index contributed by atoms with van der Waals surface area (Å²) >= 11 is 0. The summed E-state index contributed by atoms with van der Waals surface area (Å²) in [4.78, 5) is 8.93. The van der Waals surface area contributed by atoms with E-state index in [2.05, 4.69) is 63.6 Å². The number of aromatic nitrogens is 3. The molecule has 0 amide bonds. The van der Waals surface area contributed by atoms with Crippen molar-refractivity contribution < 1.29 is 9.13 Å². The van der Waals surface area contributed by atoms with Gasteiger partial charge in [0.1, 0.15) is 7.05 Å². The smallest absolute Gasteiger partial charge is 0.169 e. The van der Waals surface area contributed by atoms with Gasteiger partial charge in [0.15, 0.2) is 31.3 Å². The van der Waals surface area contributed by atoms with E-state index in [0.717, 1.165) is 24.5 Å². The fourth-order valence-electron chi connectivity index (χ4n) is 2.48. The molecule has 0 N–H and O–H groups in total. The van der Waals surface area contributed by atoms with Crippen LogP contribution in [0.5, 0.6) is 0 Å². The normalized spacial score (nSPS) is 11.5. The largest absolute Gasteiger partial charge is 0.281 e. The minimum atomic E-state index is 0.744. The Morgan fingerprint density at radius 1 is 0.958 bits per heavy atom. The quantitative estimate of drug-likeness (QED) is 0.525. The van der Waals surface area contributed by atoms with Gasteiger partial charge in [-0.05, 0) is 30.2 Å². The molecular formula is C20H22N4+2. The molecule has 0 saturated heterocycles. The summed E-state index contributed by atoms with van der Waals surface area (Å²) in [6.45, 7) is 3.60. The van der Waals surface area contributed by atoms with Gasteiger partial charge in [0.05, 0.1) is 18.0 Å². The molecule has 0 spiro atoms. The van der Waals surface area contributed by atoms with Gasteiger partial charge in [-0.25, -0.2) is 9.13 Å². The fourth-order valence-corrected chi connectivity index (χ4v) is 2.48.